The van der Waals surface area contributed by atoms with E-state index in [2.05, 4.69) is 15.0 Å². The van der Waals surface area contributed by atoms with E-state index >= 15 is 0 Å². The number of nitrogens with zero attached hydrogens (tertiary/aromatic N) is 3. The molecule has 0 saturated carbocycles. The Balaban J connectivity index is 2.28. The van der Waals surface area contributed by atoms with Gasteiger partial charge in [-0.1, -0.05) is 6.07 Å². The lowest BCUT2D eigenvalue weighted by molar-refractivity contribution is 0.778. The third-order valence-electron chi connectivity index (χ3n) is 2.02. The maximum absolute atomic E-state index is 5.87. The molecule has 82 valence electrons. The molecule has 4 nitrogen and oxygen atoms in total. The average Bonchev–Trinajstić information content (AvgIpc) is 2.31. The predicted octanol–water partition coefficient (Wildman–Crippen LogP) is 2.04. The van der Waals surface area contributed by atoms with E-state index in [0.29, 0.717) is 5.16 Å². The number of pyridine rings is 1. The predicted molar refractivity (Wildman–Crippen MR) is 63.0 cm³/mol. The Hall–Kier alpha value is -1.46. The lowest BCUT2D eigenvalue weighted by atomic mass is 10.2. The quantitative estimate of drug-likeness (QED) is 0.820. The second-order valence-corrected chi connectivity index (χ2v) is 4.28. The zero-order valence-electron chi connectivity index (χ0n) is 8.87. The van der Waals surface area contributed by atoms with Crippen LogP contribution in [0, 0.1) is 0 Å². The molecule has 0 fully saturated rings. The monoisotopic (exact) mass is 232 g/mol. The Morgan fingerprint density at radius 3 is 2.50 bits per heavy atom. The molecule has 2 rings (SSSR count). The van der Waals surface area contributed by atoms with E-state index in [1.165, 1.54) is 11.8 Å². The van der Waals surface area contributed by atoms with E-state index < -0.39 is 0 Å². The summed E-state index contributed by atoms with van der Waals surface area (Å²) in [6.45, 7) is 1.94. The molecule has 2 aromatic heterocycles. The molecule has 16 heavy (non-hydrogen) atoms. The van der Waals surface area contributed by atoms with Crippen LogP contribution in [0.1, 0.15) is 18.5 Å². The van der Waals surface area contributed by atoms with E-state index in [1.54, 1.807) is 24.7 Å². The second kappa shape index (κ2) is 5.05. The summed E-state index contributed by atoms with van der Waals surface area (Å²) in [6.07, 6.45) is 5.17. The number of rotatable bonds is 3. The van der Waals surface area contributed by atoms with Crippen molar-refractivity contribution in [1.82, 2.24) is 15.0 Å². The summed E-state index contributed by atoms with van der Waals surface area (Å²) in [5, 5.41) is 1.55. The second-order valence-electron chi connectivity index (χ2n) is 3.32. The van der Waals surface area contributed by atoms with Gasteiger partial charge in [0.25, 0.3) is 0 Å². The molecule has 0 spiro atoms. The van der Waals surface area contributed by atoms with Gasteiger partial charge in [0.05, 0.1) is 0 Å². The van der Waals surface area contributed by atoms with Gasteiger partial charge in [-0.2, -0.15) is 0 Å². The number of aromatic nitrogens is 3. The third kappa shape index (κ3) is 2.56. The van der Waals surface area contributed by atoms with Crippen molar-refractivity contribution in [1.29, 1.82) is 0 Å². The van der Waals surface area contributed by atoms with Crippen LogP contribution in [-0.2, 0) is 0 Å². The molecule has 2 heterocycles. The maximum Gasteiger partial charge on any atom is 0.193 e. The largest absolute Gasteiger partial charge is 0.324 e. The Morgan fingerprint density at radius 1 is 1.12 bits per heavy atom. The highest BCUT2D eigenvalue weighted by molar-refractivity contribution is 7.99. The fourth-order valence-electron chi connectivity index (χ4n) is 1.26. The molecule has 0 amide bonds. The molecule has 5 heteroatoms. The fraction of sp³-hybridized carbons (Fsp3) is 0.182. The minimum absolute atomic E-state index is 0.0417. The highest BCUT2D eigenvalue weighted by Crippen LogP contribution is 2.27. The van der Waals surface area contributed by atoms with Crippen molar-refractivity contribution in [3.8, 4) is 0 Å². The minimum Gasteiger partial charge on any atom is -0.324 e. The van der Waals surface area contributed by atoms with E-state index in [-0.39, 0.29) is 6.04 Å². The van der Waals surface area contributed by atoms with Crippen LogP contribution >= 0.6 is 11.8 Å². The normalized spacial score (nSPS) is 12.4. The topological polar surface area (TPSA) is 64.7 Å². The summed E-state index contributed by atoms with van der Waals surface area (Å²) in [7, 11) is 0. The first kappa shape index (κ1) is 11.0. The van der Waals surface area contributed by atoms with Crippen LogP contribution in [0.2, 0.25) is 0 Å². The van der Waals surface area contributed by atoms with Crippen LogP contribution in [-0.4, -0.2) is 15.0 Å². The SMILES string of the molecule is C[C@H](N)c1cccnc1Sc1ncccn1. The highest BCUT2D eigenvalue weighted by Gasteiger charge is 2.09. The zero-order valence-corrected chi connectivity index (χ0v) is 9.69. The van der Waals surface area contributed by atoms with Crippen LogP contribution in [0.15, 0.2) is 47.0 Å². The summed E-state index contributed by atoms with van der Waals surface area (Å²) < 4.78 is 0. The van der Waals surface area contributed by atoms with Crippen LogP contribution in [0.3, 0.4) is 0 Å². The third-order valence-corrected chi connectivity index (χ3v) is 2.95. The van der Waals surface area contributed by atoms with Gasteiger partial charge in [0, 0.05) is 30.2 Å². The summed E-state index contributed by atoms with van der Waals surface area (Å²) in [5.41, 5.74) is 6.89. The fourth-order valence-corrected chi connectivity index (χ4v) is 2.15. The molecule has 0 radical (unpaired) electrons. The number of nitrogens with two attached hydrogens (primary N) is 1. The van der Waals surface area contributed by atoms with Crippen LogP contribution in [0.4, 0.5) is 0 Å². The lowest BCUT2D eigenvalue weighted by Gasteiger charge is -2.09. The molecule has 0 unspecified atom stereocenters. The van der Waals surface area contributed by atoms with Gasteiger partial charge < -0.3 is 5.73 Å². The molecule has 1 atom stereocenters. The first-order valence-corrected chi connectivity index (χ1v) is 5.74. The molecule has 0 saturated heterocycles. The van der Waals surface area contributed by atoms with Crippen LogP contribution in [0.5, 0.6) is 0 Å². The Kier molecular flexibility index (Phi) is 3.48. The number of hydrogen-bond donors (Lipinski definition) is 1. The molecule has 0 bridgehead atoms. The van der Waals surface area contributed by atoms with Crippen LogP contribution < -0.4 is 5.73 Å². The number of hydrogen-bond acceptors (Lipinski definition) is 5. The van der Waals surface area contributed by atoms with Crippen molar-refractivity contribution >= 4 is 11.8 Å². The lowest BCUT2D eigenvalue weighted by Crippen LogP contribution is -2.07. The molecular weight excluding hydrogens is 220 g/mol. The summed E-state index contributed by atoms with van der Waals surface area (Å²) in [5.74, 6) is 0. The highest BCUT2D eigenvalue weighted by atomic mass is 32.2. The van der Waals surface area contributed by atoms with Gasteiger partial charge in [-0.25, -0.2) is 15.0 Å². The smallest absolute Gasteiger partial charge is 0.193 e. The van der Waals surface area contributed by atoms with Crippen molar-refractivity contribution < 1.29 is 0 Å². The Bertz CT molecular complexity index is 459. The molecule has 0 aliphatic carbocycles. The average molecular weight is 232 g/mol. The molecule has 0 aromatic carbocycles. The minimum atomic E-state index is -0.0417. The molecule has 2 N–H and O–H groups in total. The van der Waals surface area contributed by atoms with Crippen molar-refractivity contribution in [3.63, 3.8) is 0 Å². The first-order chi connectivity index (χ1) is 7.77. The van der Waals surface area contributed by atoms with E-state index in [1.807, 2.05) is 19.1 Å². The van der Waals surface area contributed by atoms with Crippen molar-refractivity contribution in [2.24, 2.45) is 5.73 Å². The molecule has 2 aromatic rings. The van der Waals surface area contributed by atoms with Gasteiger partial charge in [-0.15, -0.1) is 0 Å². The Labute approximate surface area is 98.3 Å². The van der Waals surface area contributed by atoms with E-state index in [9.17, 15) is 0 Å². The Morgan fingerprint density at radius 2 is 1.81 bits per heavy atom. The maximum atomic E-state index is 5.87. The van der Waals surface area contributed by atoms with Crippen molar-refractivity contribution in [2.75, 3.05) is 0 Å². The first-order valence-electron chi connectivity index (χ1n) is 4.93. The van der Waals surface area contributed by atoms with E-state index in [0.717, 1.165) is 10.6 Å². The standard InChI is InChI=1S/C11H12N4S/c1-8(12)9-4-2-5-13-10(9)16-11-14-6-3-7-15-11/h2-8H,12H2,1H3/t8-/m0/s1. The summed E-state index contributed by atoms with van der Waals surface area (Å²) in [6, 6.07) is 5.60. The summed E-state index contributed by atoms with van der Waals surface area (Å²) in [4.78, 5) is 12.6. The van der Waals surface area contributed by atoms with Crippen molar-refractivity contribution in [2.45, 2.75) is 23.1 Å². The van der Waals surface area contributed by atoms with Crippen molar-refractivity contribution in [3.05, 3.63) is 42.4 Å². The van der Waals surface area contributed by atoms with Gasteiger partial charge >= 0.3 is 0 Å². The molecular formula is C11H12N4S. The zero-order chi connectivity index (χ0) is 11.4. The molecule has 0 aliphatic heterocycles. The summed E-state index contributed by atoms with van der Waals surface area (Å²) >= 11 is 1.43. The van der Waals surface area contributed by atoms with Gasteiger partial charge in [-0.3, -0.25) is 0 Å². The van der Waals surface area contributed by atoms with Gasteiger partial charge in [0.1, 0.15) is 5.03 Å². The molecule has 0 aliphatic rings. The van der Waals surface area contributed by atoms with Crippen LogP contribution in [0.25, 0.3) is 0 Å². The van der Waals surface area contributed by atoms with Gasteiger partial charge in [-0.05, 0) is 30.8 Å². The van der Waals surface area contributed by atoms with Gasteiger partial charge in [0.2, 0.25) is 0 Å². The van der Waals surface area contributed by atoms with Gasteiger partial charge in [0.15, 0.2) is 5.16 Å². The van der Waals surface area contributed by atoms with E-state index in [4.69, 9.17) is 5.73 Å².